The van der Waals surface area contributed by atoms with Gasteiger partial charge in [-0.05, 0) is 30.7 Å². The molecule has 0 aliphatic carbocycles. The number of benzene rings is 2. The maximum atomic E-state index is 12.1. The summed E-state index contributed by atoms with van der Waals surface area (Å²) in [5.74, 6) is -2.23. The van der Waals surface area contributed by atoms with Crippen LogP contribution in [0, 0.1) is 0 Å². The van der Waals surface area contributed by atoms with Gasteiger partial charge in [0, 0.05) is 6.42 Å². The molecule has 2 rings (SSSR count). The monoisotopic (exact) mass is 427 g/mol. The molecule has 0 radical (unpaired) electrons. The van der Waals surface area contributed by atoms with Crippen molar-refractivity contribution in [3.05, 3.63) is 60.7 Å². The average Bonchev–Trinajstić information content (AvgIpc) is 2.67. The van der Waals surface area contributed by atoms with Gasteiger partial charge in [0.25, 0.3) is 0 Å². The highest BCUT2D eigenvalue weighted by molar-refractivity contribution is 7.62. The smallest absolute Gasteiger partial charge is 0.388 e. The van der Waals surface area contributed by atoms with Gasteiger partial charge in [-0.25, -0.2) is 9.13 Å². The Kier molecular flexibility index (Phi) is 7.29. The third-order valence-electron chi connectivity index (χ3n) is 3.57. The first-order valence-electron chi connectivity index (χ1n) is 8.10. The van der Waals surface area contributed by atoms with Gasteiger partial charge in [-0.2, -0.15) is 0 Å². The molecule has 3 atom stereocenters. The Morgan fingerprint density at radius 3 is 1.75 bits per heavy atom. The Balaban J connectivity index is 1.88. The Bertz CT molecular complexity index is 919. The predicted molar refractivity (Wildman–Crippen MR) is 101 cm³/mol. The Morgan fingerprint density at radius 2 is 1.29 bits per heavy atom. The van der Waals surface area contributed by atoms with E-state index in [1.165, 1.54) is 48.5 Å². The van der Waals surface area contributed by atoms with E-state index in [1.807, 2.05) is 0 Å². The highest BCUT2D eigenvalue weighted by Crippen LogP contribution is 2.42. The quantitative estimate of drug-likeness (QED) is 0.527. The molecular formula is C17H19NO8P2. The number of hydrogen-bond acceptors (Lipinski definition) is 7. The Hall–Kier alpha value is -2.28. The van der Waals surface area contributed by atoms with E-state index in [2.05, 4.69) is 9.05 Å². The lowest BCUT2D eigenvalue weighted by Crippen LogP contribution is -2.33. The first kappa shape index (κ1) is 22.0. The van der Waals surface area contributed by atoms with Crippen LogP contribution in [-0.4, -0.2) is 27.8 Å². The summed E-state index contributed by atoms with van der Waals surface area (Å²) < 4.78 is 33.3. The molecule has 0 fully saturated rings. The van der Waals surface area contributed by atoms with Crippen LogP contribution in [0.3, 0.4) is 0 Å². The van der Waals surface area contributed by atoms with Gasteiger partial charge in [0.2, 0.25) is 0 Å². The summed E-state index contributed by atoms with van der Waals surface area (Å²) in [7, 11) is -8.76. The zero-order valence-corrected chi connectivity index (χ0v) is 16.4. The van der Waals surface area contributed by atoms with Gasteiger partial charge in [0.05, 0.1) is 10.6 Å². The van der Waals surface area contributed by atoms with Crippen molar-refractivity contribution >= 4 is 37.7 Å². The van der Waals surface area contributed by atoms with Crippen LogP contribution in [0.5, 0.6) is 0 Å². The minimum atomic E-state index is -4.41. The number of rotatable bonds is 8. The second-order valence-corrected chi connectivity index (χ2v) is 9.21. The SMILES string of the molecule is N[C@@H](CCC(=O)OP(=O)(O)c1ccccc1)C(=O)OP(=O)(O)c1ccccc1. The molecule has 0 amide bonds. The molecule has 0 saturated heterocycles. The normalized spacial score (nSPS) is 16.2. The molecule has 0 aromatic heterocycles. The van der Waals surface area contributed by atoms with Crippen molar-refractivity contribution in [1.29, 1.82) is 0 Å². The van der Waals surface area contributed by atoms with E-state index in [9.17, 15) is 28.5 Å². The van der Waals surface area contributed by atoms with Crippen molar-refractivity contribution in [1.82, 2.24) is 0 Å². The fraction of sp³-hybridized carbons (Fsp3) is 0.176. The molecule has 0 spiro atoms. The summed E-state index contributed by atoms with van der Waals surface area (Å²) in [6, 6.07) is 13.2. The summed E-state index contributed by atoms with van der Waals surface area (Å²) in [5.41, 5.74) is 5.58. The lowest BCUT2D eigenvalue weighted by Gasteiger charge is -2.16. The average molecular weight is 427 g/mol. The van der Waals surface area contributed by atoms with Crippen LogP contribution >= 0.6 is 15.2 Å². The molecule has 2 unspecified atom stereocenters. The van der Waals surface area contributed by atoms with Gasteiger partial charge < -0.3 is 24.6 Å². The molecule has 0 aliphatic heterocycles. The molecule has 150 valence electrons. The zero-order chi connectivity index (χ0) is 20.8. The fourth-order valence-corrected chi connectivity index (χ4v) is 4.16. The molecule has 4 N–H and O–H groups in total. The topological polar surface area (TPSA) is 153 Å². The Labute approximate surface area is 161 Å². The van der Waals surface area contributed by atoms with Gasteiger partial charge in [-0.1, -0.05) is 36.4 Å². The third-order valence-corrected chi connectivity index (χ3v) is 6.35. The van der Waals surface area contributed by atoms with Crippen LogP contribution in [0.25, 0.3) is 0 Å². The van der Waals surface area contributed by atoms with Crippen molar-refractivity contribution in [3.63, 3.8) is 0 Å². The van der Waals surface area contributed by atoms with Crippen LogP contribution in [0.15, 0.2) is 60.7 Å². The minimum Gasteiger partial charge on any atom is -0.388 e. The first-order chi connectivity index (χ1) is 13.1. The summed E-state index contributed by atoms with van der Waals surface area (Å²) in [6.45, 7) is 0. The summed E-state index contributed by atoms with van der Waals surface area (Å²) in [5, 5.41) is -0.143. The van der Waals surface area contributed by atoms with E-state index in [1.54, 1.807) is 12.1 Å². The van der Waals surface area contributed by atoms with Crippen LogP contribution in [0.1, 0.15) is 12.8 Å². The summed E-state index contributed by atoms with van der Waals surface area (Å²) >= 11 is 0. The van der Waals surface area contributed by atoms with Gasteiger partial charge in [0.15, 0.2) is 0 Å². The van der Waals surface area contributed by atoms with Crippen molar-refractivity contribution < 1.29 is 37.6 Å². The van der Waals surface area contributed by atoms with E-state index in [4.69, 9.17) is 5.73 Å². The molecule has 0 aliphatic rings. The molecule has 9 nitrogen and oxygen atoms in total. The number of carbonyl (C=O) groups excluding carboxylic acids is 2. The molecule has 2 aromatic carbocycles. The second-order valence-electron chi connectivity index (χ2n) is 5.73. The molecule has 11 heteroatoms. The van der Waals surface area contributed by atoms with Crippen molar-refractivity contribution in [3.8, 4) is 0 Å². The van der Waals surface area contributed by atoms with Crippen LogP contribution < -0.4 is 16.3 Å². The number of carbonyl (C=O) groups is 2. The maximum absolute atomic E-state index is 12.1. The van der Waals surface area contributed by atoms with E-state index in [0.29, 0.717) is 0 Å². The van der Waals surface area contributed by atoms with Crippen molar-refractivity contribution in [2.45, 2.75) is 18.9 Å². The standard InChI is InChI=1S/C17H19NO8P2/c18-15(17(20)26-28(23,24)14-9-5-2-6-10-14)11-12-16(19)25-27(21,22)13-7-3-1-4-8-13/h1-10,15H,11-12,18H2,(H,21,22)(H,23,24)/t15-/m0/s1. The van der Waals surface area contributed by atoms with E-state index < -0.39 is 39.6 Å². The van der Waals surface area contributed by atoms with Crippen LogP contribution in [-0.2, 0) is 27.8 Å². The van der Waals surface area contributed by atoms with Crippen molar-refractivity contribution in [2.75, 3.05) is 0 Å². The Morgan fingerprint density at radius 1 is 0.857 bits per heavy atom. The highest BCUT2D eigenvalue weighted by Gasteiger charge is 2.31. The second kappa shape index (κ2) is 9.28. The van der Waals surface area contributed by atoms with Gasteiger partial charge in [0.1, 0.15) is 6.04 Å². The third kappa shape index (κ3) is 6.12. The van der Waals surface area contributed by atoms with Gasteiger partial charge in [-0.3, -0.25) is 9.59 Å². The molecule has 0 bridgehead atoms. The van der Waals surface area contributed by atoms with Gasteiger partial charge >= 0.3 is 27.1 Å². The predicted octanol–water partition coefficient (Wildman–Crippen LogP) is 1.20. The fourth-order valence-electron chi connectivity index (χ4n) is 2.10. The van der Waals surface area contributed by atoms with Crippen molar-refractivity contribution in [2.24, 2.45) is 5.73 Å². The highest BCUT2D eigenvalue weighted by atomic mass is 31.2. The molecule has 2 aromatic rings. The zero-order valence-electron chi connectivity index (χ0n) is 14.6. The minimum absolute atomic E-state index is 0.0591. The van der Waals surface area contributed by atoms with Crippen LogP contribution in [0.4, 0.5) is 0 Å². The largest absolute Gasteiger partial charge is 0.410 e. The number of nitrogens with two attached hydrogens (primary N) is 1. The lowest BCUT2D eigenvalue weighted by molar-refractivity contribution is -0.137. The first-order valence-corrected chi connectivity index (χ1v) is 11.3. The van der Waals surface area contributed by atoms with E-state index >= 15 is 0 Å². The summed E-state index contributed by atoms with van der Waals surface area (Å²) in [4.78, 5) is 43.4. The molecule has 0 heterocycles. The molecule has 0 saturated carbocycles. The maximum Gasteiger partial charge on any atom is 0.410 e. The summed E-state index contributed by atoms with van der Waals surface area (Å²) in [6.07, 6.45) is -0.768. The molecule has 28 heavy (non-hydrogen) atoms. The van der Waals surface area contributed by atoms with Crippen LogP contribution in [0.2, 0.25) is 0 Å². The van der Waals surface area contributed by atoms with E-state index in [0.717, 1.165) is 0 Å². The van der Waals surface area contributed by atoms with Gasteiger partial charge in [-0.15, -0.1) is 0 Å². The number of hydrogen-bond donors (Lipinski definition) is 3. The lowest BCUT2D eigenvalue weighted by atomic mass is 10.2. The molecular weight excluding hydrogens is 408 g/mol. The van der Waals surface area contributed by atoms with E-state index in [-0.39, 0.29) is 17.0 Å².